The topological polar surface area (TPSA) is 61.2 Å². The smallest absolute Gasteiger partial charge is 0.331 e. The molecule has 0 aliphatic carbocycles. The fourth-order valence-corrected chi connectivity index (χ4v) is 2.98. The van der Waals surface area contributed by atoms with Gasteiger partial charge in [0, 0.05) is 5.02 Å². The Bertz CT molecular complexity index is 917. The van der Waals surface area contributed by atoms with Gasteiger partial charge in [-0.3, -0.25) is 9.36 Å². The standard InChI is InChI=1S/C15H11ClN2O3S/c1-9-6-10(16)2-3-12(9)21-13(19)7-18-8-17-14-11(15(18)20)4-5-22-14/h2-6,8H,7H2,1H3. The largest absolute Gasteiger partial charge is 0.425 e. The summed E-state index contributed by atoms with van der Waals surface area (Å²) in [5.41, 5.74) is 0.496. The Kier molecular flexibility index (Phi) is 3.96. The minimum atomic E-state index is -0.538. The first-order valence-corrected chi connectivity index (χ1v) is 7.70. The van der Waals surface area contributed by atoms with Crippen molar-refractivity contribution in [1.82, 2.24) is 9.55 Å². The van der Waals surface area contributed by atoms with Gasteiger partial charge >= 0.3 is 5.97 Å². The maximum absolute atomic E-state index is 12.2. The molecule has 0 saturated carbocycles. The maximum atomic E-state index is 12.2. The summed E-state index contributed by atoms with van der Waals surface area (Å²) in [6.07, 6.45) is 1.36. The Morgan fingerprint density at radius 2 is 2.23 bits per heavy atom. The molecular weight excluding hydrogens is 324 g/mol. The second-order valence-electron chi connectivity index (χ2n) is 4.70. The van der Waals surface area contributed by atoms with E-state index in [9.17, 15) is 9.59 Å². The molecule has 0 aliphatic heterocycles. The molecule has 0 spiro atoms. The fourth-order valence-electron chi connectivity index (χ4n) is 2.03. The number of hydrogen-bond donors (Lipinski definition) is 0. The van der Waals surface area contributed by atoms with Gasteiger partial charge in [-0.25, -0.2) is 9.78 Å². The summed E-state index contributed by atoms with van der Waals surface area (Å²) in [6, 6.07) is 6.66. The number of carbonyl (C=O) groups excluding carboxylic acids is 1. The molecule has 2 aromatic heterocycles. The van der Waals surface area contributed by atoms with Gasteiger partial charge < -0.3 is 4.74 Å². The molecule has 0 unspecified atom stereocenters. The molecule has 22 heavy (non-hydrogen) atoms. The highest BCUT2D eigenvalue weighted by molar-refractivity contribution is 7.16. The number of ether oxygens (including phenoxy) is 1. The van der Waals surface area contributed by atoms with Crippen LogP contribution in [0.1, 0.15) is 5.56 Å². The Morgan fingerprint density at radius 3 is 3.00 bits per heavy atom. The normalized spacial score (nSPS) is 10.8. The molecule has 3 aromatic rings. The zero-order valence-corrected chi connectivity index (χ0v) is 13.1. The van der Waals surface area contributed by atoms with E-state index in [0.717, 1.165) is 5.56 Å². The summed E-state index contributed by atoms with van der Waals surface area (Å²) >= 11 is 7.24. The lowest BCUT2D eigenvalue weighted by Gasteiger charge is -2.08. The highest BCUT2D eigenvalue weighted by atomic mass is 35.5. The van der Waals surface area contributed by atoms with Crippen molar-refractivity contribution in [3.05, 3.63) is 56.9 Å². The van der Waals surface area contributed by atoms with Crippen molar-refractivity contribution in [2.45, 2.75) is 13.5 Å². The SMILES string of the molecule is Cc1cc(Cl)ccc1OC(=O)Cn1cnc2sccc2c1=O. The van der Waals surface area contributed by atoms with Crippen LogP contribution in [0.5, 0.6) is 5.75 Å². The molecule has 0 atom stereocenters. The van der Waals surface area contributed by atoms with Crippen LogP contribution in [-0.4, -0.2) is 15.5 Å². The number of esters is 1. The first-order valence-electron chi connectivity index (χ1n) is 6.44. The highest BCUT2D eigenvalue weighted by Crippen LogP contribution is 2.22. The number of nitrogens with zero attached hydrogens (tertiary/aromatic N) is 2. The average molecular weight is 335 g/mol. The van der Waals surface area contributed by atoms with Crippen molar-refractivity contribution in [2.75, 3.05) is 0 Å². The van der Waals surface area contributed by atoms with Gasteiger partial charge in [-0.05, 0) is 42.1 Å². The monoisotopic (exact) mass is 334 g/mol. The van der Waals surface area contributed by atoms with Gasteiger partial charge in [0.2, 0.25) is 0 Å². The molecule has 112 valence electrons. The predicted octanol–water partition coefficient (Wildman–Crippen LogP) is 3.03. The summed E-state index contributed by atoms with van der Waals surface area (Å²) in [5, 5.41) is 2.86. The molecule has 0 fully saturated rings. The van der Waals surface area contributed by atoms with Crippen LogP contribution in [0.4, 0.5) is 0 Å². The van der Waals surface area contributed by atoms with E-state index >= 15 is 0 Å². The second-order valence-corrected chi connectivity index (χ2v) is 6.03. The molecular formula is C15H11ClN2O3S. The third kappa shape index (κ3) is 2.88. The van der Waals surface area contributed by atoms with E-state index in [0.29, 0.717) is 21.0 Å². The van der Waals surface area contributed by atoms with Crippen LogP contribution in [0, 0.1) is 6.92 Å². The maximum Gasteiger partial charge on any atom is 0.331 e. The zero-order chi connectivity index (χ0) is 15.7. The molecule has 7 heteroatoms. The lowest BCUT2D eigenvalue weighted by molar-refractivity contribution is -0.135. The van der Waals surface area contributed by atoms with Crippen LogP contribution in [0.2, 0.25) is 5.02 Å². The third-order valence-electron chi connectivity index (χ3n) is 3.11. The number of aryl methyl sites for hydroxylation is 1. The van der Waals surface area contributed by atoms with Crippen molar-refractivity contribution in [2.24, 2.45) is 0 Å². The van der Waals surface area contributed by atoms with Crippen LogP contribution in [0.25, 0.3) is 10.2 Å². The quantitative estimate of drug-likeness (QED) is 0.545. The van der Waals surface area contributed by atoms with Crippen molar-refractivity contribution in [3.8, 4) is 5.75 Å². The first-order chi connectivity index (χ1) is 10.5. The number of aromatic nitrogens is 2. The molecule has 0 aliphatic rings. The van der Waals surface area contributed by atoms with Gasteiger partial charge in [0.25, 0.3) is 5.56 Å². The van der Waals surface area contributed by atoms with Crippen molar-refractivity contribution >= 4 is 39.1 Å². The van der Waals surface area contributed by atoms with Crippen LogP contribution in [0.3, 0.4) is 0 Å². The first kappa shape index (κ1) is 14.7. The van der Waals surface area contributed by atoms with E-state index in [2.05, 4.69) is 4.98 Å². The number of rotatable bonds is 3. The number of benzene rings is 1. The van der Waals surface area contributed by atoms with Crippen LogP contribution < -0.4 is 10.3 Å². The van der Waals surface area contributed by atoms with Gasteiger partial charge in [-0.1, -0.05) is 11.6 Å². The summed E-state index contributed by atoms with van der Waals surface area (Å²) in [7, 11) is 0. The van der Waals surface area contributed by atoms with Gasteiger partial charge in [0.1, 0.15) is 17.1 Å². The van der Waals surface area contributed by atoms with Crippen LogP contribution in [-0.2, 0) is 11.3 Å². The Balaban J connectivity index is 1.81. The number of hydrogen-bond acceptors (Lipinski definition) is 5. The summed E-state index contributed by atoms with van der Waals surface area (Å²) in [6.45, 7) is 1.60. The number of halogens is 1. The van der Waals surface area contributed by atoms with E-state index in [-0.39, 0.29) is 12.1 Å². The molecule has 5 nitrogen and oxygen atoms in total. The van der Waals surface area contributed by atoms with Crippen molar-refractivity contribution < 1.29 is 9.53 Å². The molecule has 1 aromatic carbocycles. The van der Waals surface area contributed by atoms with Gasteiger partial charge in [0.15, 0.2) is 0 Å². The highest BCUT2D eigenvalue weighted by Gasteiger charge is 2.12. The zero-order valence-electron chi connectivity index (χ0n) is 11.6. The van der Waals surface area contributed by atoms with E-state index < -0.39 is 5.97 Å². The van der Waals surface area contributed by atoms with Crippen molar-refractivity contribution in [1.29, 1.82) is 0 Å². The lowest BCUT2D eigenvalue weighted by Crippen LogP contribution is -2.26. The van der Waals surface area contributed by atoms with Crippen LogP contribution in [0.15, 0.2) is 40.8 Å². The molecule has 0 bridgehead atoms. The summed E-state index contributed by atoms with van der Waals surface area (Å²) in [5.74, 6) is -0.115. The minimum Gasteiger partial charge on any atom is -0.425 e. The van der Waals surface area contributed by atoms with Gasteiger partial charge in [0.05, 0.1) is 11.7 Å². The number of fused-ring (bicyclic) bond motifs is 1. The summed E-state index contributed by atoms with van der Waals surface area (Å²) < 4.78 is 6.51. The molecule has 3 rings (SSSR count). The second kappa shape index (κ2) is 5.90. The molecule has 0 radical (unpaired) electrons. The van der Waals surface area contributed by atoms with Crippen molar-refractivity contribution in [3.63, 3.8) is 0 Å². The Hall–Kier alpha value is -2.18. The molecule has 0 N–H and O–H groups in total. The molecule has 0 saturated heterocycles. The number of thiophene rings is 1. The van der Waals surface area contributed by atoms with E-state index in [1.807, 2.05) is 0 Å². The summed E-state index contributed by atoms with van der Waals surface area (Å²) in [4.78, 5) is 29.0. The Labute approximate surface area is 134 Å². The number of carbonyl (C=O) groups is 1. The lowest BCUT2D eigenvalue weighted by atomic mass is 10.2. The minimum absolute atomic E-state index is 0.195. The predicted molar refractivity (Wildman–Crippen MR) is 85.7 cm³/mol. The Morgan fingerprint density at radius 1 is 1.41 bits per heavy atom. The molecule has 0 amide bonds. The fraction of sp³-hybridized carbons (Fsp3) is 0.133. The van der Waals surface area contributed by atoms with E-state index in [1.54, 1.807) is 36.6 Å². The average Bonchev–Trinajstić information content (AvgIpc) is 2.94. The van der Waals surface area contributed by atoms with E-state index in [4.69, 9.17) is 16.3 Å². The van der Waals surface area contributed by atoms with Crippen LogP contribution >= 0.6 is 22.9 Å². The van der Waals surface area contributed by atoms with E-state index in [1.165, 1.54) is 22.2 Å². The molecule has 2 heterocycles. The van der Waals surface area contributed by atoms with Gasteiger partial charge in [-0.2, -0.15) is 0 Å². The van der Waals surface area contributed by atoms with Gasteiger partial charge in [-0.15, -0.1) is 11.3 Å². The third-order valence-corrected chi connectivity index (χ3v) is 4.17.